The van der Waals surface area contributed by atoms with Crippen molar-refractivity contribution in [1.29, 1.82) is 0 Å². The molecule has 108 valence electrons. The molecule has 0 saturated heterocycles. The highest BCUT2D eigenvalue weighted by molar-refractivity contribution is 6.34. The summed E-state index contributed by atoms with van der Waals surface area (Å²) in [4.78, 5) is 22.2. The Hall–Kier alpha value is -2.31. The highest BCUT2D eigenvalue weighted by Crippen LogP contribution is 2.34. The number of amides is 1. The minimum Gasteiger partial charge on any atom is -0.529 e. The summed E-state index contributed by atoms with van der Waals surface area (Å²) in [7, 11) is 0. The second kappa shape index (κ2) is 5.99. The Morgan fingerprint density at radius 3 is 2.38 bits per heavy atom. The number of non-ortho nitro benzene ring substituents is 1. The normalized spacial score (nSPS) is 10.2. The summed E-state index contributed by atoms with van der Waals surface area (Å²) in [5.41, 5.74) is 0.0240. The summed E-state index contributed by atoms with van der Waals surface area (Å²) < 4.78 is 0. The molecule has 2 aromatic rings. The molecular formula is C13H7Cl2N2O4-. The van der Waals surface area contributed by atoms with Crippen LogP contribution >= 0.6 is 23.2 Å². The molecule has 0 unspecified atom stereocenters. The van der Waals surface area contributed by atoms with Crippen molar-refractivity contribution in [2.24, 2.45) is 0 Å². The van der Waals surface area contributed by atoms with Gasteiger partial charge in [-0.3, -0.25) is 15.0 Å². The second-order valence-corrected chi connectivity index (χ2v) is 4.82. The molecule has 8 heteroatoms. The van der Waals surface area contributed by atoms with Crippen molar-refractivity contribution in [3.05, 3.63) is 62.6 Å². The molecule has 0 bridgehead atoms. The largest absolute Gasteiger partial charge is 0.529 e. The third-order valence-electron chi connectivity index (χ3n) is 2.63. The molecule has 0 aliphatic carbocycles. The fraction of sp³-hybridized carbons (Fsp3) is 0. The van der Waals surface area contributed by atoms with Gasteiger partial charge in [0.15, 0.2) is 0 Å². The number of carbonyl (C=O) groups is 1. The van der Waals surface area contributed by atoms with E-state index in [-0.39, 0.29) is 22.1 Å². The highest BCUT2D eigenvalue weighted by atomic mass is 35.5. The Kier molecular flexibility index (Phi) is 4.30. The van der Waals surface area contributed by atoms with Gasteiger partial charge in [-0.05, 0) is 24.3 Å². The molecule has 0 heterocycles. The Bertz CT molecular complexity index is 721. The van der Waals surface area contributed by atoms with Crippen molar-refractivity contribution in [2.75, 3.05) is 4.90 Å². The van der Waals surface area contributed by atoms with Gasteiger partial charge in [0.2, 0.25) is 0 Å². The van der Waals surface area contributed by atoms with E-state index in [0.717, 1.165) is 17.0 Å². The molecule has 0 N–H and O–H groups in total. The molecule has 1 amide bonds. The lowest BCUT2D eigenvalue weighted by Crippen LogP contribution is -2.38. The van der Waals surface area contributed by atoms with Gasteiger partial charge < -0.3 is 9.90 Å². The molecule has 6 nitrogen and oxygen atoms in total. The Morgan fingerprint density at radius 2 is 1.86 bits per heavy atom. The summed E-state index contributed by atoms with van der Waals surface area (Å²) in [6.07, 6.45) is -1.53. The van der Waals surface area contributed by atoms with Gasteiger partial charge in [0.05, 0.1) is 15.6 Å². The standard InChI is InChI=1S/C13H8Cl2N2O4/c14-8-2-1-3-9(6-8)16(13(18)19)12-5-4-10(17(20)21)7-11(12)15/h1-7H,(H,18,19)/p-1. The molecule has 0 aliphatic heterocycles. The maximum Gasteiger partial charge on any atom is 0.271 e. The summed E-state index contributed by atoms with van der Waals surface area (Å²) >= 11 is 11.8. The molecule has 0 fully saturated rings. The van der Waals surface area contributed by atoms with Gasteiger partial charge in [0, 0.05) is 22.8 Å². The van der Waals surface area contributed by atoms with Gasteiger partial charge >= 0.3 is 0 Å². The molecule has 0 spiro atoms. The van der Waals surface area contributed by atoms with Crippen LogP contribution in [0.1, 0.15) is 0 Å². The molecule has 2 rings (SSSR count). The van der Waals surface area contributed by atoms with Crippen molar-refractivity contribution in [2.45, 2.75) is 0 Å². The topological polar surface area (TPSA) is 86.5 Å². The van der Waals surface area contributed by atoms with Gasteiger partial charge in [-0.25, -0.2) is 0 Å². The third kappa shape index (κ3) is 3.24. The minimum atomic E-state index is -1.53. The number of benzene rings is 2. The van der Waals surface area contributed by atoms with E-state index in [1.54, 1.807) is 12.1 Å². The molecule has 0 aliphatic rings. The Labute approximate surface area is 129 Å². The zero-order chi connectivity index (χ0) is 15.6. The monoisotopic (exact) mass is 325 g/mol. The van der Waals surface area contributed by atoms with E-state index in [9.17, 15) is 20.0 Å². The Morgan fingerprint density at radius 1 is 1.14 bits per heavy atom. The van der Waals surface area contributed by atoms with Crippen LogP contribution in [0.3, 0.4) is 0 Å². The number of carbonyl (C=O) groups excluding carboxylic acids is 1. The second-order valence-electron chi connectivity index (χ2n) is 3.97. The van der Waals surface area contributed by atoms with Crippen molar-refractivity contribution in [3.8, 4) is 0 Å². The number of anilines is 2. The van der Waals surface area contributed by atoms with E-state index in [1.807, 2.05) is 0 Å². The van der Waals surface area contributed by atoms with Crippen LogP contribution in [-0.2, 0) is 0 Å². The van der Waals surface area contributed by atoms with Crippen molar-refractivity contribution >= 4 is 46.4 Å². The number of halogens is 2. The number of nitro groups is 1. The predicted octanol–water partition coefficient (Wildman–Crippen LogP) is 3.38. The number of hydrogen-bond donors (Lipinski definition) is 0. The first kappa shape index (κ1) is 15.1. The molecule has 0 atom stereocenters. The number of nitrogens with zero attached hydrogens (tertiary/aromatic N) is 2. The molecule has 2 aromatic carbocycles. The van der Waals surface area contributed by atoms with Crippen LogP contribution in [-0.4, -0.2) is 11.0 Å². The van der Waals surface area contributed by atoms with E-state index >= 15 is 0 Å². The first-order valence-corrected chi connectivity index (χ1v) is 6.36. The maximum atomic E-state index is 11.4. The lowest BCUT2D eigenvalue weighted by Gasteiger charge is -2.26. The first-order chi connectivity index (χ1) is 9.90. The van der Waals surface area contributed by atoms with Crippen LogP contribution in [0.25, 0.3) is 0 Å². The van der Waals surface area contributed by atoms with Gasteiger partial charge in [-0.2, -0.15) is 0 Å². The molecule has 0 radical (unpaired) electrons. The quantitative estimate of drug-likeness (QED) is 0.639. The SMILES string of the molecule is O=C([O-])N(c1cccc(Cl)c1)c1ccc([N+](=O)[O-])cc1Cl. The van der Waals surface area contributed by atoms with E-state index in [0.29, 0.717) is 5.02 Å². The molecule has 0 aromatic heterocycles. The maximum absolute atomic E-state index is 11.4. The zero-order valence-electron chi connectivity index (χ0n) is 10.3. The van der Waals surface area contributed by atoms with E-state index in [2.05, 4.69) is 0 Å². The zero-order valence-corrected chi connectivity index (χ0v) is 11.8. The van der Waals surface area contributed by atoms with Crippen LogP contribution in [0.4, 0.5) is 21.9 Å². The number of hydrogen-bond acceptors (Lipinski definition) is 4. The number of nitro benzene ring substituents is 1. The van der Waals surface area contributed by atoms with Gasteiger partial charge in [0.25, 0.3) is 5.69 Å². The van der Waals surface area contributed by atoms with Crippen molar-refractivity contribution < 1.29 is 14.8 Å². The average Bonchev–Trinajstić information content (AvgIpc) is 2.40. The fourth-order valence-electron chi connectivity index (χ4n) is 1.75. The average molecular weight is 326 g/mol. The molecular weight excluding hydrogens is 319 g/mol. The van der Waals surface area contributed by atoms with Crippen LogP contribution in [0, 0.1) is 10.1 Å². The van der Waals surface area contributed by atoms with E-state index in [1.165, 1.54) is 18.2 Å². The summed E-state index contributed by atoms with van der Waals surface area (Å²) in [6.45, 7) is 0. The predicted molar refractivity (Wildman–Crippen MR) is 77.1 cm³/mol. The van der Waals surface area contributed by atoms with Gasteiger partial charge in [-0.15, -0.1) is 0 Å². The van der Waals surface area contributed by atoms with Crippen LogP contribution in [0.5, 0.6) is 0 Å². The van der Waals surface area contributed by atoms with Crippen LogP contribution in [0.15, 0.2) is 42.5 Å². The number of carboxylic acid groups (broad SMARTS) is 1. The fourth-order valence-corrected chi connectivity index (χ4v) is 2.19. The van der Waals surface area contributed by atoms with Crippen molar-refractivity contribution in [3.63, 3.8) is 0 Å². The minimum absolute atomic E-state index is 0.0459. The highest BCUT2D eigenvalue weighted by Gasteiger charge is 2.17. The Balaban J connectivity index is 2.54. The summed E-state index contributed by atoms with van der Waals surface area (Å²) in [5, 5.41) is 22.3. The van der Waals surface area contributed by atoms with Gasteiger partial charge in [-0.1, -0.05) is 29.3 Å². The van der Waals surface area contributed by atoms with E-state index in [4.69, 9.17) is 23.2 Å². The lowest BCUT2D eigenvalue weighted by atomic mass is 10.2. The third-order valence-corrected chi connectivity index (χ3v) is 3.17. The van der Waals surface area contributed by atoms with Crippen LogP contribution in [0.2, 0.25) is 10.0 Å². The van der Waals surface area contributed by atoms with Gasteiger partial charge in [0.1, 0.15) is 6.09 Å². The van der Waals surface area contributed by atoms with E-state index < -0.39 is 11.0 Å². The molecule has 21 heavy (non-hydrogen) atoms. The number of rotatable bonds is 3. The summed E-state index contributed by atoms with van der Waals surface area (Å²) in [6, 6.07) is 9.51. The summed E-state index contributed by atoms with van der Waals surface area (Å²) in [5.74, 6) is 0. The smallest absolute Gasteiger partial charge is 0.271 e. The van der Waals surface area contributed by atoms with Crippen LogP contribution < -0.4 is 10.0 Å². The first-order valence-electron chi connectivity index (χ1n) is 5.61. The van der Waals surface area contributed by atoms with Crippen molar-refractivity contribution in [1.82, 2.24) is 0 Å². The lowest BCUT2D eigenvalue weighted by molar-refractivity contribution is -0.384. The molecule has 0 saturated carbocycles.